The maximum atomic E-state index is 12.1. The molecule has 0 aromatic heterocycles. The first-order chi connectivity index (χ1) is 11.6. The molecule has 2 unspecified atom stereocenters. The Morgan fingerprint density at radius 2 is 2.00 bits per heavy atom. The number of ether oxygens (including phenoxy) is 3. The highest BCUT2D eigenvalue weighted by atomic mass is 31.2. The lowest BCUT2D eigenvalue weighted by atomic mass is 9.93. The van der Waals surface area contributed by atoms with Crippen molar-refractivity contribution in [3.8, 4) is 0 Å². The topological polar surface area (TPSA) is 131 Å². The van der Waals surface area contributed by atoms with Crippen LogP contribution in [0.2, 0.25) is 0 Å². The van der Waals surface area contributed by atoms with Gasteiger partial charge in [0.15, 0.2) is 0 Å². The van der Waals surface area contributed by atoms with Crippen LogP contribution in [-0.2, 0) is 28.4 Å². The molecule has 2 rings (SSSR count). The highest BCUT2D eigenvalue weighted by Gasteiger charge is 2.50. The number of imide groups is 1. The van der Waals surface area contributed by atoms with Crippen LogP contribution >= 0.6 is 7.60 Å². The van der Waals surface area contributed by atoms with Crippen molar-refractivity contribution in [3.05, 3.63) is 24.0 Å². The van der Waals surface area contributed by atoms with Crippen molar-refractivity contribution < 1.29 is 38.2 Å². The molecule has 0 bridgehead atoms. The van der Waals surface area contributed by atoms with Gasteiger partial charge in [-0.1, -0.05) is 6.08 Å². The van der Waals surface area contributed by atoms with Gasteiger partial charge in [-0.2, -0.15) is 0 Å². The van der Waals surface area contributed by atoms with E-state index in [0.29, 0.717) is 0 Å². The minimum absolute atomic E-state index is 0.201. The molecule has 3 N–H and O–H groups in total. The van der Waals surface area contributed by atoms with Gasteiger partial charge in [-0.15, -0.1) is 0 Å². The fraction of sp³-hybridized carbons (Fsp3) is 0.600. The molecule has 0 aromatic rings. The maximum absolute atomic E-state index is 12.1. The molecule has 25 heavy (non-hydrogen) atoms. The molecule has 140 valence electrons. The summed E-state index contributed by atoms with van der Waals surface area (Å²) in [5.41, 5.74) is 0. The Kier molecular flexibility index (Phi) is 6.31. The molecule has 5 atom stereocenters. The predicted molar refractivity (Wildman–Crippen MR) is 86.4 cm³/mol. The van der Waals surface area contributed by atoms with Gasteiger partial charge in [-0.25, -0.2) is 0 Å². The number of amides is 2. The first kappa shape index (κ1) is 20.0. The molecular formula is C15H22NO8P. The molecular weight excluding hydrogens is 353 g/mol. The number of hydrogen-bond acceptors (Lipinski definition) is 6. The van der Waals surface area contributed by atoms with Crippen molar-refractivity contribution in [3.63, 3.8) is 0 Å². The molecule has 2 aliphatic heterocycles. The first-order valence-electron chi connectivity index (χ1n) is 7.73. The van der Waals surface area contributed by atoms with E-state index in [4.69, 9.17) is 24.0 Å². The maximum Gasteiger partial charge on any atom is 0.348 e. The average Bonchev–Trinajstić information content (AvgIpc) is 2.81. The third-order valence-electron chi connectivity index (χ3n) is 3.82. The molecule has 10 heteroatoms. The SMILES string of the molecule is COC1[C@H](C2C=CC(=O)NC2=O)O[C@H](/C=C/P(=O)(O)O)[C@@H]1OC(C)C. The third-order valence-corrected chi connectivity index (χ3v) is 4.38. The van der Waals surface area contributed by atoms with Gasteiger partial charge in [0.25, 0.3) is 0 Å². The zero-order valence-electron chi connectivity index (χ0n) is 14.1. The van der Waals surface area contributed by atoms with Crippen molar-refractivity contribution >= 4 is 19.4 Å². The predicted octanol–water partition coefficient (Wildman–Crippen LogP) is 0.0826. The Bertz CT molecular complexity index is 625. The van der Waals surface area contributed by atoms with Gasteiger partial charge in [-0.3, -0.25) is 19.5 Å². The number of carbonyl (C=O) groups is 2. The lowest BCUT2D eigenvalue weighted by molar-refractivity contribution is -0.135. The second-order valence-electron chi connectivity index (χ2n) is 6.08. The van der Waals surface area contributed by atoms with E-state index in [1.54, 1.807) is 13.8 Å². The van der Waals surface area contributed by atoms with E-state index in [-0.39, 0.29) is 6.10 Å². The molecule has 0 aromatic carbocycles. The van der Waals surface area contributed by atoms with Gasteiger partial charge in [-0.05, 0) is 19.9 Å². The van der Waals surface area contributed by atoms with Crippen molar-refractivity contribution in [1.29, 1.82) is 0 Å². The molecule has 1 fully saturated rings. The summed E-state index contributed by atoms with van der Waals surface area (Å²) in [4.78, 5) is 41.4. The standard InChI is InChI=1S/C15H22NO8P/c1-8(2)23-13-10(6-7-25(19,20)21)24-12(14(13)22-3)9-4-5-11(17)16-15(9)18/h4-10,12-14H,1-3H3,(H,16,17,18)(H2,19,20,21)/b7-6+/t9?,10-,12+,13+,14?/m1/s1. The third kappa shape index (κ3) is 5.07. The van der Waals surface area contributed by atoms with Gasteiger partial charge >= 0.3 is 7.60 Å². The van der Waals surface area contributed by atoms with Crippen LogP contribution in [0.1, 0.15) is 13.8 Å². The Labute approximate surface area is 145 Å². The van der Waals surface area contributed by atoms with Crippen LogP contribution in [0.25, 0.3) is 0 Å². The lowest BCUT2D eigenvalue weighted by Gasteiger charge is -2.27. The summed E-state index contributed by atoms with van der Waals surface area (Å²) in [6.45, 7) is 3.60. The largest absolute Gasteiger partial charge is 0.376 e. The summed E-state index contributed by atoms with van der Waals surface area (Å²) in [5, 5.41) is 2.19. The highest BCUT2D eigenvalue weighted by Crippen LogP contribution is 2.39. The van der Waals surface area contributed by atoms with E-state index in [1.165, 1.54) is 25.3 Å². The molecule has 0 spiro atoms. The fourth-order valence-electron chi connectivity index (χ4n) is 2.87. The lowest BCUT2D eigenvalue weighted by Crippen LogP contribution is -2.47. The second-order valence-corrected chi connectivity index (χ2v) is 7.56. The number of hydrogen-bond donors (Lipinski definition) is 3. The first-order valence-corrected chi connectivity index (χ1v) is 9.42. The van der Waals surface area contributed by atoms with Crippen LogP contribution in [0.4, 0.5) is 0 Å². The molecule has 0 aliphatic carbocycles. The van der Waals surface area contributed by atoms with Crippen LogP contribution in [0, 0.1) is 5.92 Å². The molecule has 2 aliphatic rings. The Hall–Kier alpha value is -1.35. The van der Waals surface area contributed by atoms with Crippen LogP contribution in [0.15, 0.2) is 24.0 Å². The van der Waals surface area contributed by atoms with E-state index < -0.39 is 49.7 Å². The summed E-state index contributed by atoms with van der Waals surface area (Å²) < 4.78 is 28.2. The zero-order valence-corrected chi connectivity index (χ0v) is 15.0. The molecule has 2 heterocycles. The van der Waals surface area contributed by atoms with E-state index >= 15 is 0 Å². The van der Waals surface area contributed by atoms with E-state index in [9.17, 15) is 14.2 Å². The van der Waals surface area contributed by atoms with Crippen LogP contribution < -0.4 is 5.32 Å². The van der Waals surface area contributed by atoms with Crippen molar-refractivity contribution in [2.75, 3.05) is 7.11 Å². The molecule has 0 radical (unpaired) electrons. The van der Waals surface area contributed by atoms with E-state index in [1.807, 2.05) is 0 Å². The summed E-state index contributed by atoms with van der Waals surface area (Å²) in [5.74, 6) is -1.08. The number of rotatable bonds is 6. The molecule has 9 nitrogen and oxygen atoms in total. The van der Waals surface area contributed by atoms with Gasteiger partial charge in [0, 0.05) is 19.0 Å². The van der Waals surface area contributed by atoms with Crippen molar-refractivity contribution in [2.24, 2.45) is 5.92 Å². The summed E-state index contributed by atoms with van der Waals surface area (Å²) >= 11 is 0. The minimum Gasteiger partial charge on any atom is -0.376 e. The molecule has 1 saturated heterocycles. The minimum atomic E-state index is -4.37. The Morgan fingerprint density at radius 3 is 2.52 bits per heavy atom. The van der Waals surface area contributed by atoms with Crippen molar-refractivity contribution in [2.45, 2.75) is 44.4 Å². The van der Waals surface area contributed by atoms with Crippen LogP contribution in [0.5, 0.6) is 0 Å². The van der Waals surface area contributed by atoms with Gasteiger partial charge in [0.1, 0.15) is 24.4 Å². The van der Waals surface area contributed by atoms with Crippen molar-refractivity contribution in [1.82, 2.24) is 5.32 Å². The van der Waals surface area contributed by atoms with Gasteiger partial charge < -0.3 is 24.0 Å². The Morgan fingerprint density at radius 1 is 1.32 bits per heavy atom. The van der Waals surface area contributed by atoms with E-state index in [2.05, 4.69) is 5.32 Å². The molecule has 2 amide bonds. The highest BCUT2D eigenvalue weighted by molar-refractivity contribution is 7.55. The van der Waals surface area contributed by atoms with E-state index in [0.717, 1.165) is 5.82 Å². The quantitative estimate of drug-likeness (QED) is 0.439. The van der Waals surface area contributed by atoms with Gasteiger partial charge in [0.05, 0.1) is 12.0 Å². The molecule has 0 saturated carbocycles. The summed E-state index contributed by atoms with van der Waals surface area (Å²) in [7, 11) is -2.94. The van der Waals surface area contributed by atoms with Crippen LogP contribution in [0.3, 0.4) is 0 Å². The Balaban J connectivity index is 2.30. The number of methoxy groups -OCH3 is 1. The number of carbonyl (C=O) groups excluding carboxylic acids is 2. The average molecular weight is 375 g/mol. The monoisotopic (exact) mass is 375 g/mol. The van der Waals surface area contributed by atoms with Crippen LogP contribution in [-0.4, -0.2) is 59.2 Å². The summed E-state index contributed by atoms with van der Waals surface area (Å²) in [6.07, 6.45) is 0.759. The second kappa shape index (κ2) is 7.90. The smallest absolute Gasteiger partial charge is 0.348 e. The number of nitrogens with one attached hydrogen (secondary N) is 1. The summed E-state index contributed by atoms with van der Waals surface area (Å²) in [6, 6.07) is 0. The fourth-order valence-corrected chi connectivity index (χ4v) is 3.27. The zero-order chi connectivity index (χ0) is 18.8. The normalized spacial score (nSPS) is 33.4. The van der Waals surface area contributed by atoms with Gasteiger partial charge in [0.2, 0.25) is 11.8 Å².